The van der Waals surface area contributed by atoms with Gasteiger partial charge >= 0.3 is 19.8 Å². The Bertz CT molecular complexity index is 1210. The van der Waals surface area contributed by atoms with Gasteiger partial charge in [-0.05, 0) is 12.8 Å². The van der Waals surface area contributed by atoms with Crippen LogP contribution in [0.1, 0.15) is 348 Å². The molecule has 0 spiro atoms. The molecule has 0 fully saturated rings. The van der Waals surface area contributed by atoms with Crippen molar-refractivity contribution in [3.63, 3.8) is 0 Å². The molecular formula is C64H129NO8P+. The predicted molar refractivity (Wildman–Crippen MR) is 317 cm³/mol. The molecule has 0 amide bonds. The maximum absolute atomic E-state index is 12.8. The second kappa shape index (κ2) is 56.7. The summed E-state index contributed by atoms with van der Waals surface area (Å²) in [7, 11) is 1.50. The van der Waals surface area contributed by atoms with Gasteiger partial charge < -0.3 is 18.9 Å². The molecule has 442 valence electrons. The van der Waals surface area contributed by atoms with Gasteiger partial charge in [-0.3, -0.25) is 18.6 Å². The van der Waals surface area contributed by atoms with Gasteiger partial charge in [0, 0.05) is 12.8 Å². The van der Waals surface area contributed by atoms with E-state index in [2.05, 4.69) is 13.8 Å². The second-order valence-corrected chi connectivity index (χ2v) is 25.3. The van der Waals surface area contributed by atoms with Crippen molar-refractivity contribution in [3.05, 3.63) is 0 Å². The molecule has 0 rings (SSSR count). The Hall–Kier alpha value is -0.990. The molecule has 0 aromatic heterocycles. The van der Waals surface area contributed by atoms with Crippen LogP contribution in [0.5, 0.6) is 0 Å². The molecule has 0 aromatic rings. The number of ether oxygens (including phenoxy) is 2. The molecule has 0 aliphatic rings. The van der Waals surface area contributed by atoms with Crippen LogP contribution in [-0.2, 0) is 32.7 Å². The van der Waals surface area contributed by atoms with E-state index in [1.54, 1.807) is 0 Å². The third-order valence-electron chi connectivity index (χ3n) is 15.1. The van der Waals surface area contributed by atoms with E-state index >= 15 is 0 Å². The molecular weight excluding hydrogens is 942 g/mol. The maximum atomic E-state index is 12.8. The second-order valence-electron chi connectivity index (χ2n) is 23.9. The monoisotopic (exact) mass is 1070 g/mol. The molecule has 0 saturated heterocycles. The van der Waals surface area contributed by atoms with E-state index in [-0.39, 0.29) is 25.6 Å². The van der Waals surface area contributed by atoms with Gasteiger partial charge in [-0.2, -0.15) is 0 Å². The Kier molecular flexibility index (Phi) is 56.0. The third kappa shape index (κ3) is 60.2. The highest BCUT2D eigenvalue weighted by molar-refractivity contribution is 7.47. The van der Waals surface area contributed by atoms with Crippen LogP contribution in [0.3, 0.4) is 0 Å². The fraction of sp³-hybridized carbons (Fsp3) is 0.969. The smallest absolute Gasteiger partial charge is 0.462 e. The maximum Gasteiger partial charge on any atom is 0.472 e. The number of unbranched alkanes of at least 4 members (excludes halogenated alkanes) is 48. The van der Waals surface area contributed by atoms with Crippen molar-refractivity contribution in [2.45, 2.75) is 354 Å². The largest absolute Gasteiger partial charge is 0.472 e. The molecule has 74 heavy (non-hydrogen) atoms. The van der Waals surface area contributed by atoms with E-state index in [1.807, 2.05) is 21.1 Å². The molecule has 10 heteroatoms. The first-order chi connectivity index (χ1) is 36.0. The highest BCUT2D eigenvalue weighted by Crippen LogP contribution is 2.43. The van der Waals surface area contributed by atoms with Crippen LogP contribution in [0.15, 0.2) is 0 Å². The summed E-state index contributed by atoms with van der Waals surface area (Å²) in [5.74, 6) is -0.777. The molecule has 2 unspecified atom stereocenters. The first kappa shape index (κ1) is 73.0. The number of quaternary nitrogens is 1. The predicted octanol–water partition coefficient (Wildman–Crippen LogP) is 20.6. The molecule has 0 heterocycles. The summed E-state index contributed by atoms with van der Waals surface area (Å²) >= 11 is 0. The van der Waals surface area contributed by atoms with Crippen LogP contribution in [0.2, 0.25) is 0 Å². The van der Waals surface area contributed by atoms with Gasteiger partial charge in [0.15, 0.2) is 6.10 Å². The van der Waals surface area contributed by atoms with Crippen molar-refractivity contribution in [2.24, 2.45) is 0 Å². The third-order valence-corrected chi connectivity index (χ3v) is 16.1. The van der Waals surface area contributed by atoms with Gasteiger partial charge in [0.05, 0.1) is 27.7 Å². The SMILES string of the molecule is CCCCCCCCCCCCCCCCCCCCCCCCCCCCCCCCCCCCCCCCCC(=O)OC(COC(=O)CCCCCCCCCCCCC)COP(=O)(O)OCC[N+](C)(C)C. The summed E-state index contributed by atoms with van der Waals surface area (Å²) in [6.45, 7) is 4.49. The normalized spacial score (nSPS) is 13.1. The first-order valence-electron chi connectivity index (χ1n) is 32.8. The Balaban J connectivity index is 3.78. The standard InChI is InChI=1S/C64H128NO8P/c1-6-8-10-12-14-16-18-19-20-21-22-23-24-25-26-27-28-29-30-31-32-33-34-35-36-37-38-39-40-41-42-43-44-45-47-49-51-53-55-57-64(67)73-62(61-72-74(68,69)71-59-58-65(3,4)5)60-70-63(66)56-54-52-50-48-46-17-15-13-11-9-7-2/h62H,6-61H2,1-5H3/p+1. The number of likely N-dealkylation sites (N-methyl/N-ethyl adjacent to an activating group) is 1. The van der Waals surface area contributed by atoms with Crippen molar-refractivity contribution in [2.75, 3.05) is 47.5 Å². The number of phosphoric ester groups is 1. The number of esters is 2. The molecule has 2 atom stereocenters. The summed E-state index contributed by atoms with van der Waals surface area (Å²) in [5, 5.41) is 0. The van der Waals surface area contributed by atoms with Gasteiger partial charge in [0.25, 0.3) is 0 Å². The first-order valence-corrected chi connectivity index (χ1v) is 34.3. The number of phosphoric acid groups is 1. The minimum atomic E-state index is -4.37. The number of hydrogen-bond donors (Lipinski definition) is 1. The zero-order valence-electron chi connectivity index (χ0n) is 50.4. The fourth-order valence-corrected chi connectivity index (χ4v) is 10.8. The lowest BCUT2D eigenvalue weighted by atomic mass is 10.0. The Morgan fingerprint density at radius 2 is 0.608 bits per heavy atom. The van der Waals surface area contributed by atoms with E-state index in [0.717, 1.165) is 38.5 Å². The molecule has 0 saturated carbocycles. The average molecular weight is 1070 g/mol. The van der Waals surface area contributed by atoms with Crippen LogP contribution in [0.25, 0.3) is 0 Å². The Labute approximate surface area is 461 Å². The number of carbonyl (C=O) groups is 2. The van der Waals surface area contributed by atoms with E-state index < -0.39 is 26.5 Å². The van der Waals surface area contributed by atoms with Gasteiger partial charge in [-0.25, -0.2) is 4.57 Å². The van der Waals surface area contributed by atoms with Crippen LogP contribution < -0.4 is 0 Å². The highest BCUT2D eigenvalue weighted by Gasteiger charge is 2.27. The Morgan fingerprint density at radius 3 is 0.865 bits per heavy atom. The van der Waals surface area contributed by atoms with Crippen molar-refractivity contribution in [1.82, 2.24) is 0 Å². The van der Waals surface area contributed by atoms with Crippen molar-refractivity contribution in [3.8, 4) is 0 Å². The van der Waals surface area contributed by atoms with Gasteiger partial charge in [0.1, 0.15) is 19.8 Å². The average Bonchev–Trinajstić information content (AvgIpc) is 3.36. The lowest BCUT2D eigenvalue weighted by Crippen LogP contribution is -2.37. The summed E-state index contributed by atoms with van der Waals surface area (Å²) in [6, 6.07) is 0. The van der Waals surface area contributed by atoms with Gasteiger partial charge in [0.2, 0.25) is 0 Å². The molecule has 0 aliphatic heterocycles. The number of carbonyl (C=O) groups excluding carboxylic acids is 2. The van der Waals surface area contributed by atoms with Crippen LogP contribution in [0.4, 0.5) is 0 Å². The zero-order chi connectivity index (χ0) is 54.2. The summed E-state index contributed by atoms with van der Waals surface area (Å²) < 4.78 is 34.5. The van der Waals surface area contributed by atoms with Crippen molar-refractivity contribution >= 4 is 19.8 Å². The van der Waals surface area contributed by atoms with Crippen molar-refractivity contribution in [1.29, 1.82) is 0 Å². The molecule has 0 aliphatic carbocycles. The molecule has 0 aromatic carbocycles. The highest BCUT2D eigenvalue weighted by atomic mass is 31.2. The van der Waals surface area contributed by atoms with E-state index in [0.29, 0.717) is 17.4 Å². The lowest BCUT2D eigenvalue weighted by molar-refractivity contribution is -0.870. The van der Waals surface area contributed by atoms with Crippen molar-refractivity contribution < 1.29 is 42.1 Å². The fourth-order valence-electron chi connectivity index (χ4n) is 10.1. The van der Waals surface area contributed by atoms with E-state index in [1.165, 1.54) is 283 Å². The molecule has 0 radical (unpaired) electrons. The molecule has 9 nitrogen and oxygen atoms in total. The number of rotatable bonds is 62. The van der Waals surface area contributed by atoms with Gasteiger partial charge in [-0.1, -0.05) is 322 Å². The van der Waals surface area contributed by atoms with Crippen LogP contribution in [-0.4, -0.2) is 74.9 Å². The summed E-state index contributed by atoms with van der Waals surface area (Å²) in [6.07, 6.45) is 66.7. The topological polar surface area (TPSA) is 108 Å². The lowest BCUT2D eigenvalue weighted by Gasteiger charge is -2.24. The Morgan fingerprint density at radius 1 is 0.365 bits per heavy atom. The van der Waals surface area contributed by atoms with Crippen LogP contribution in [0, 0.1) is 0 Å². The molecule has 0 bridgehead atoms. The number of nitrogens with zero attached hydrogens (tertiary/aromatic N) is 1. The summed E-state index contributed by atoms with van der Waals surface area (Å²) in [4.78, 5) is 35.6. The van der Waals surface area contributed by atoms with Gasteiger partial charge in [-0.15, -0.1) is 0 Å². The number of hydrogen-bond acceptors (Lipinski definition) is 7. The van der Waals surface area contributed by atoms with E-state index in [9.17, 15) is 19.0 Å². The quantitative estimate of drug-likeness (QED) is 0.0278. The minimum absolute atomic E-state index is 0.0372. The zero-order valence-corrected chi connectivity index (χ0v) is 51.3. The minimum Gasteiger partial charge on any atom is -0.462 e. The van der Waals surface area contributed by atoms with Crippen LogP contribution >= 0.6 is 7.82 Å². The molecule has 1 N–H and O–H groups in total. The van der Waals surface area contributed by atoms with E-state index in [4.69, 9.17) is 18.5 Å². The summed E-state index contributed by atoms with van der Waals surface area (Å²) in [5.41, 5.74) is 0.